The third-order valence-electron chi connectivity index (χ3n) is 5.30. The van der Waals surface area contributed by atoms with E-state index >= 15 is 0 Å². The fourth-order valence-corrected chi connectivity index (χ4v) is 5.65. The Morgan fingerprint density at radius 1 is 1.00 bits per heavy atom. The minimum absolute atomic E-state index is 0.0716. The van der Waals surface area contributed by atoms with Gasteiger partial charge in [0.25, 0.3) is 0 Å². The second kappa shape index (κ2) is 7.03. The normalized spacial score (nSPS) is 16.3. The molecule has 0 radical (unpaired) electrons. The van der Waals surface area contributed by atoms with Crippen LogP contribution in [-0.4, -0.2) is 19.1 Å². The van der Waals surface area contributed by atoms with Crippen molar-refractivity contribution in [1.82, 2.24) is 0 Å². The smallest absolute Gasteiger partial charge is 0.246 e. The molecule has 1 fully saturated rings. The van der Waals surface area contributed by atoms with Crippen LogP contribution in [0.4, 0.5) is 14.5 Å². The fraction of sp³-hybridized carbons (Fsp3) is 0.350. The first kappa shape index (κ1) is 19.5. The van der Waals surface area contributed by atoms with E-state index in [-0.39, 0.29) is 23.4 Å². The van der Waals surface area contributed by atoms with Gasteiger partial charge in [0, 0.05) is 6.07 Å². The van der Waals surface area contributed by atoms with Crippen LogP contribution in [0.25, 0.3) is 0 Å². The van der Waals surface area contributed by atoms with Gasteiger partial charge in [-0.05, 0) is 62.1 Å². The van der Waals surface area contributed by atoms with Crippen LogP contribution in [0.2, 0.25) is 0 Å². The summed E-state index contributed by atoms with van der Waals surface area (Å²) in [5.41, 5.74) is 1.39. The van der Waals surface area contributed by atoms with Gasteiger partial charge in [0.1, 0.15) is 11.6 Å². The first-order valence-corrected chi connectivity index (χ1v) is 10.2. The lowest BCUT2D eigenvalue weighted by atomic mass is 10.1. The maximum absolute atomic E-state index is 13.9. The van der Waals surface area contributed by atoms with E-state index in [1.165, 1.54) is 6.07 Å². The van der Waals surface area contributed by atoms with E-state index in [2.05, 4.69) is 5.32 Å². The number of benzene rings is 2. The Morgan fingerprint density at radius 3 is 2.30 bits per heavy atom. The topological polar surface area (TPSA) is 63.2 Å². The van der Waals surface area contributed by atoms with Gasteiger partial charge in [0.05, 0.1) is 10.6 Å². The Morgan fingerprint density at radius 2 is 1.67 bits per heavy atom. The van der Waals surface area contributed by atoms with Gasteiger partial charge in [-0.3, -0.25) is 4.79 Å². The Hall–Kier alpha value is -2.28. The molecule has 1 aliphatic carbocycles. The van der Waals surface area contributed by atoms with Crippen molar-refractivity contribution in [2.75, 3.05) is 5.32 Å². The predicted octanol–water partition coefficient (Wildman–Crippen LogP) is 4.31. The number of rotatable bonds is 4. The van der Waals surface area contributed by atoms with Crippen LogP contribution in [-0.2, 0) is 14.6 Å². The Kier molecular flexibility index (Phi) is 5.08. The number of carbonyl (C=O) groups is 1. The average molecular weight is 393 g/mol. The number of halogens is 2. The second-order valence-electron chi connectivity index (χ2n) is 7.03. The van der Waals surface area contributed by atoms with Gasteiger partial charge in [0.2, 0.25) is 5.91 Å². The van der Waals surface area contributed by atoms with Gasteiger partial charge < -0.3 is 5.32 Å². The van der Waals surface area contributed by atoms with Crippen LogP contribution in [0, 0.1) is 25.5 Å². The summed E-state index contributed by atoms with van der Waals surface area (Å²) >= 11 is 0. The number of anilines is 1. The minimum Gasteiger partial charge on any atom is -0.322 e. The summed E-state index contributed by atoms with van der Waals surface area (Å²) in [6.45, 7) is 3.67. The van der Waals surface area contributed by atoms with Gasteiger partial charge in [-0.2, -0.15) is 0 Å². The molecule has 7 heteroatoms. The lowest BCUT2D eigenvalue weighted by molar-refractivity contribution is -0.118. The molecule has 1 amide bonds. The molecule has 0 bridgehead atoms. The first-order chi connectivity index (χ1) is 12.7. The highest BCUT2D eigenvalue weighted by Crippen LogP contribution is 2.42. The number of hydrogen-bond acceptors (Lipinski definition) is 3. The zero-order chi connectivity index (χ0) is 19.8. The van der Waals surface area contributed by atoms with Crippen molar-refractivity contribution in [1.29, 1.82) is 0 Å². The van der Waals surface area contributed by atoms with Gasteiger partial charge >= 0.3 is 0 Å². The zero-order valence-electron chi connectivity index (χ0n) is 15.2. The van der Waals surface area contributed by atoms with Gasteiger partial charge in [-0.1, -0.05) is 18.9 Å². The summed E-state index contributed by atoms with van der Waals surface area (Å²) in [6.07, 6.45) is 1.43. The van der Waals surface area contributed by atoms with E-state index < -0.39 is 32.1 Å². The Bertz CT molecular complexity index is 996. The standard InChI is InChI=1S/C20H21F2NO3S/c1-13-5-7-16(11-14(13)2)27(25,26)20(9-3-4-10-20)19(24)23-18-12-15(21)6-8-17(18)22/h5-8,11-12H,3-4,9-10H2,1-2H3,(H,23,24). The summed E-state index contributed by atoms with van der Waals surface area (Å²) in [7, 11) is -4.01. The van der Waals surface area contributed by atoms with Gasteiger partial charge in [0.15, 0.2) is 14.6 Å². The molecule has 0 saturated heterocycles. The highest BCUT2D eigenvalue weighted by molar-refractivity contribution is 7.93. The van der Waals surface area contributed by atoms with E-state index in [1.807, 2.05) is 6.92 Å². The molecule has 0 unspecified atom stereocenters. The fourth-order valence-electron chi connectivity index (χ4n) is 3.50. The summed E-state index contributed by atoms with van der Waals surface area (Å²) in [5.74, 6) is -2.35. The lowest BCUT2D eigenvalue weighted by Crippen LogP contribution is -2.47. The van der Waals surface area contributed by atoms with E-state index in [0.29, 0.717) is 12.8 Å². The largest absolute Gasteiger partial charge is 0.322 e. The van der Waals surface area contributed by atoms with Gasteiger partial charge in [-0.25, -0.2) is 17.2 Å². The summed E-state index contributed by atoms with van der Waals surface area (Å²) < 4.78 is 52.4. The van der Waals surface area contributed by atoms with Crippen molar-refractivity contribution >= 4 is 21.4 Å². The van der Waals surface area contributed by atoms with E-state index in [0.717, 1.165) is 29.3 Å². The molecule has 0 aromatic heterocycles. The number of hydrogen-bond donors (Lipinski definition) is 1. The molecule has 3 rings (SSSR count). The highest BCUT2D eigenvalue weighted by atomic mass is 32.2. The van der Waals surface area contributed by atoms with Crippen LogP contribution in [0.1, 0.15) is 36.8 Å². The number of aryl methyl sites for hydroxylation is 2. The molecule has 2 aromatic carbocycles. The van der Waals surface area contributed by atoms with Crippen molar-refractivity contribution in [2.45, 2.75) is 49.2 Å². The molecule has 1 saturated carbocycles. The molecule has 1 aliphatic rings. The molecular formula is C20H21F2NO3S. The minimum atomic E-state index is -4.01. The lowest BCUT2D eigenvalue weighted by Gasteiger charge is -2.28. The predicted molar refractivity (Wildman–Crippen MR) is 99.3 cm³/mol. The molecule has 27 heavy (non-hydrogen) atoms. The molecule has 1 N–H and O–H groups in total. The monoisotopic (exact) mass is 393 g/mol. The quantitative estimate of drug-likeness (QED) is 0.842. The molecule has 0 atom stereocenters. The van der Waals surface area contributed by atoms with E-state index in [9.17, 15) is 22.0 Å². The molecule has 0 aliphatic heterocycles. The van der Waals surface area contributed by atoms with Gasteiger partial charge in [-0.15, -0.1) is 0 Å². The molecule has 2 aromatic rings. The average Bonchev–Trinajstić information content (AvgIpc) is 3.12. The Balaban J connectivity index is 2.03. The molecule has 144 valence electrons. The van der Waals surface area contributed by atoms with Crippen LogP contribution in [0.5, 0.6) is 0 Å². The molecular weight excluding hydrogens is 372 g/mol. The molecule has 0 spiro atoms. The SMILES string of the molecule is Cc1ccc(S(=O)(=O)C2(C(=O)Nc3cc(F)ccc3F)CCCC2)cc1C. The van der Waals surface area contributed by atoms with Crippen LogP contribution in [0.15, 0.2) is 41.3 Å². The number of sulfone groups is 1. The summed E-state index contributed by atoms with van der Waals surface area (Å²) in [5, 5.41) is 2.30. The van der Waals surface area contributed by atoms with E-state index in [4.69, 9.17) is 0 Å². The molecule has 4 nitrogen and oxygen atoms in total. The van der Waals surface area contributed by atoms with Crippen molar-refractivity contribution in [3.05, 3.63) is 59.2 Å². The Labute approximate surface area is 157 Å². The maximum atomic E-state index is 13.9. The van der Waals surface area contributed by atoms with Crippen LogP contribution < -0.4 is 5.32 Å². The van der Waals surface area contributed by atoms with E-state index in [1.54, 1.807) is 19.1 Å². The van der Waals surface area contributed by atoms with Crippen molar-refractivity contribution in [3.8, 4) is 0 Å². The maximum Gasteiger partial charge on any atom is 0.246 e. The second-order valence-corrected chi connectivity index (χ2v) is 9.29. The summed E-state index contributed by atoms with van der Waals surface area (Å²) in [4.78, 5) is 13.1. The van der Waals surface area contributed by atoms with Crippen molar-refractivity contribution in [2.24, 2.45) is 0 Å². The van der Waals surface area contributed by atoms with Crippen LogP contribution >= 0.6 is 0 Å². The van der Waals surface area contributed by atoms with Crippen molar-refractivity contribution in [3.63, 3.8) is 0 Å². The van der Waals surface area contributed by atoms with Crippen LogP contribution in [0.3, 0.4) is 0 Å². The first-order valence-electron chi connectivity index (χ1n) is 8.76. The summed E-state index contributed by atoms with van der Waals surface area (Å²) in [6, 6.07) is 7.42. The molecule has 0 heterocycles. The third-order valence-corrected chi connectivity index (χ3v) is 7.80. The van der Waals surface area contributed by atoms with Crippen molar-refractivity contribution < 1.29 is 22.0 Å². The number of amides is 1. The zero-order valence-corrected chi connectivity index (χ0v) is 16.0. The number of carbonyl (C=O) groups excluding carboxylic acids is 1. The highest BCUT2D eigenvalue weighted by Gasteiger charge is 2.53. The third kappa shape index (κ3) is 3.36. The number of nitrogens with one attached hydrogen (secondary N) is 1.